The molecule has 1 aliphatic carbocycles. The molecule has 5 heteroatoms. The molecule has 66 valence electrons. The lowest BCUT2D eigenvalue weighted by atomic mass is 9.77. The van der Waals surface area contributed by atoms with E-state index in [0.717, 1.165) is 0 Å². The van der Waals surface area contributed by atoms with E-state index in [4.69, 9.17) is 5.73 Å². The lowest BCUT2D eigenvalue weighted by Crippen LogP contribution is -2.48. The zero-order valence-electron chi connectivity index (χ0n) is 5.74. The molecular weight excluding hydrogens is 162 g/mol. The number of hydrogen-bond acceptors (Lipinski definition) is 1. The van der Waals surface area contributed by atoms with Crippen LogP contribution >= 0.6 is 0 Å². The standard InChI is InChI=1S/C6H9F4N/c7-5(8)4(11)3-1-6(9,10)2-3/h3-5H,1-2,11H2/t4-/m0/s1. The van der Waals surface area contributed by atoms with E-state index in [2.05, 4.69) is 0 Å². The molecule has 1 rings (SSSR count). The van der Waals surface area contributed by atoms with Gasteiger partial charge in [0, 0.05) is 12.8 Å². The quantitative estimate of drug-likeness (QED) is 0.628. The van der Waals surface area contributed by atoms with Gasteiger partial charge in [-0.1, -0.05) is 0 Å². The van der Waals surface area contributed by atoms with Crippen LogP contribution in [0.1, 0.15) is 12.8 Å². The molecule has 2 N–H and O–H groups in total. The fourth-order valence-electron chi connectivity index (χ4n) is 1.19. The fourth-order valence-corrected chi connectivity index (χ4v) is 1.19. The van der Waals surface area contributed by atoms with E-state index in [1.165, 1.54) is 0 Å². The number of halogens is 4. The maximum Gasteiger partial charge on any atom is 0.253 e. The molecule has 0 aromatic carbocycles. The van der Waals surface area contributed by atoms with Gasteiger partial charge in [-0.15, -0.1) is 0 Å². The average Bonchev–Trinajstić information content (AvgIpc) is 1.80. The van der Waals surface area contributed by atoms with Crippen molar-refractivity contribution in [1.29, 1.82) is 0 Å². The summed E-state index contributed by atoms with van der Waals surface area (Å²) in [7, 11) is 0. The van der Waals surface area contributed by atoms with Gasteiger partial charge >= 0.3 is 0 Å². The molecule has 0 bridgehead atoms. The number of alkyl halides is 4. The Labute approximate surface area is 61.6 Å². The minimum absolute atomic E-state index is 0.488. The third-order valence-electron chi connectivity index (χ3n) is 1.96. The highest BCUT2D eigenvalue weighted by molar-refractivity contribution is 4.92. The number of rotatable bonds is 2. The fraction of sp³-hybridized carbons (Fsp3) is 1.00. The zero-order valence-corrected chi connectivity index (χ0v) is 5.74. The minimum Gasteiger partial charge on any atom is -0.323 e. The summed E-state index contributed by atoms with van der Waals surface area (Å²) >= 11 is 0. The molecule has 1 atom stereocenters. The topological polar surface area (TPSA) is 26.0 Å². The van der Waals surface area contributed by atoms with E-state index >= 15 is 0 Å². The monoisotopic (exact) mass is 171 g/mol. The Hall–Kier alpha value is -0.320. The second-order valence-corrected chi connectivity index (χ2v) is 2.94. The van der Waals surface area contributed by atoms with Crippen LogP contribution in [0.5, 0.6) is 0 Å². The van der Waals surface area contributed by atoms with E-state index in [9.17, 15) is 17.6 Å². The maximum absolute atomic E-state index is 12.1. The van der Waals surface area contributed by atoms with Gasteiger partial charge in [0.25, 0.3) is 6.43 Å². The molecule has 0 aromatic rings. The van der Waals surface area contributed by atoms with Crippen LogP contribution in [-0.4, -0.2) is 18.4 Å². The van der Waals surface area contributed by atoms with Crippen molar-refractivity contribution < 1.29 is 17.6 Å². The van der Waals surface area contributed by atoms with Crippen LogP contribution in [0, 0.1) is 5.92 Å². The van der Waals surface area contributed by atoms with Crippen LogP contribution in [0.3, 0.4) is 0 Å². The van der Waals surface area contributed by atoms with Gasteiger partial charge in [0.15, 0.2) is 0 Å². The Kier molecular flexibility index (Phi) is 2.09. The number of hydrogen-bond donors (Lipinski definition) is 1. The van der Waals surface area contributed by atoms with Crippen molar-refractivity contribution in [3.05, 3.63) is 0 Å². The highest BCUT2D eigenvalue weighted by atomic mass is 19.3. The second kappa shape index (κ2) is 2.62. The molecule has 0 unspecified atom stereocenters. The molecule has 0 amide bonds. The van der Waals surface area contributed by atoms with Gasteiger partial charge in [0.2, 0.25) is 5.92 Å². The van der Waals surface area contributed by atoms with Gasteiger partial charge in [-0.25, -0.2) is 17.6 Å². The van der Waals surface area contributed by atoms with Crippen LogP contribution in [0.4, 0.5) is 17.6 Å². The van der Waals surface area contributed by atoms with Crippen molar-refractivity contribution in [3.8, 4) is 0 Å². The SMILES string of the molecule is N[C@H](C(F)F)C1CC(F)(F)C1. The van der Waals surface area contributed by atoms with E-state index in [0.29, 0.717) is 0 Å². The number of nitrogens with two attached hydrogens (primary N) is 1. The minimum atomic E-state index is -2.75. The summed E-state index contributed by atoms with van der Waals surface area (Å²) in [5, 5.41) is 0. The first-order chi connectivity index (χ1) is 4.92. The third-order valence-corrected chi connectivity index (χ3v) is 1.96. The van der Waals surface area contributed by atoms with Crippen molar-refractivity contribution >= 4 is 0 Å². The van der Waals surface area contributed by atoms with Crippen LogP contribution in [-0.2, 0) is 0 Å². The smallest absolute Gasteiger partial charge is 0.253 e. The van der Waals surface area contributed by atoms with E-state index in [-0.39, 0.29) is 0 Å². The Morgan fingerprint density at radius 1 is 1.27 bits per heavy atom. The molecule has 1 nitrogen and oxygen atoms in total. The van der Waals surface area contributed by atoms with Crippen LogP contribution < -0.4 is 5.73 Å². The normalized spacial score (nSPS) is 26.7. The molecular formula is C6H9F4N. The zero-order chi connectivity index (χ0) is 8.65. The van der Waals surface area contributed by atoms with Gasteiger partial charge in [-0.2, -0.15) is 0 Å². The van der Waals surface area contributed by atoms with Gasteiger partial charge < -0.3 is 5.73 Å². The van der Waals surface area contributed by atoms with Crippen LogP contribution in [0.15, 0.2) is 0 Å². The lowest BCUT2D eigenvalue weighted by Gasteiger charge is -2.38. The summed E-state index contributed by atoms with van der Waals surface area (Å²) in [6.07, 6.45) is -3.66. The molecule has 1 fully saturated rings. The first-order valence-corrected chi connectivity index (χ1v) is 3.34. The van der Waals surface area contributed by atoms with Crippen molar-refractivity contribution in [2.45, 2.75) is 31.2 Å². The van der Waals surface area contributed by atoms with Crippen molar-refractivity contribution in [2.75, 3.05) is 0 Å². The van der Waals surface area contributed by atoms with Crippen molar-refractivity contribution in [1.82, 2.24) is 0 Å². The first-order valence-electron chi connectivity index (χ1n) is 3.34. The van der Waals surface area contributed by atoms with Crippen LogP contribution in [0.25, 0.3) is 0 Å². The largest absolute Gasteiger partial charge is 0.323 e. The predicted octanol–water partition coefficient (Wildman–Crippen LogP) is 1.62. The Morgan fingerprint density at radius 2 is 1.73 bits per heavy atom. The van der Waals surface area contributed by atoms with E-state index < -0.39 is 37.1 Å². The molecule has 0 spiro atoms. The second-order valence-electron chi connectivity index (χ2n) is 2.94. The summed E-state index contributed by atoms with van der Waals surface area (Å²) < 4.78 is 47.8. The van der Waals surface area contributed by atoms with E-state index in [1.807, 2.05) is 0 Å². The molecule has 1 aliphatic rings. The molecule has 11 heavy (non-hydrogen) atoms. The summed E-state index contributed by atoms with van der Waals surface area (Å²) in [4.78, 5) is 0. The van der Waals surface area contributed by atoms with Gasteiger partial charge in [0.05, 0.1) is 6.04 Å². The van der Waals surface area contributed by atoms with E-state index in [1.54, 1.807) is 0 Å². The van der Waals surface area contributed by atoms with Gasteiger partial charge in [-0.3, -0.25) is 0 Å². The Morgan fingerprint density at radius 3 is 2.00 bits per heavy atom. The molecule has 0 aromatic heterocycles. The molecule has 0 radical (unpaired) electrons. The van der Waals surface area contributed by atoms with Gasteiger partial charge in [0.1, 0.15) is 0 Å². The summed E-state index contributed by atoms with van der Waals surface area (Å²) in [5.74, 6) is -3.46. The highest BCUT2D eigenvalue weighted by Gasteiger charge is 2.49. The Bertz CT molecular complexity index is 140. The summed E-state index contributed by atoms with van der Waals surface area (Å²) in [5.41, 5.74) is 4.96. The van der Waals surface area contributed by atoms with Crippen molar-refractivity contribution in [2.24, 2.45) is 11.7 Å². The van der Waals surface area contributed by atoms with Gasteiger partial charge in [-0.05, 0) is 5.92 Å². The first kappa shape index (κ1) is 8.77. The highest BCUT2D eigenvalue weighted by Crippen LogP contribution is 2.44. The molecule has 1 saturated carbocycles. The van der Waals surface area contributed by atoms with Crippen LogP contribution in [0.2, 0.25) is 0 Å². The summed E-state index contributed by atoms with van der Waals surface area (Å²) in [6.45, 7) is 0. The lowest BCUT2D eigenvalue weighted by molar-refractivity contribution is -0.127. The maximum atomic E-state index is 12.1. The molecule has 0 aliphatic heterocycles. The third kappa shape index (κ3) is 1.83. The molecule has 0 saturated heterocycles. The molecule has 0 heterocycles. The predicted molar refractivity (Wildman–Crippen MR) is 31.7 cm³/mol. The Balaban J connectivity index is 2.32. The van der Waals surface area contributed by atoms with Crippen molar-refractivity contribution in [3.63, 3.8) is 0 Å². The average molecular weight is 171 g/mol. The summed E-state index contributed by atoms with van der Waals surface area (Å²) in [6, 6.07) is -1.38.